The summed E-state index contributed by atoms with van der Waals surface area (Å²) in [6, 6.07) is 12.1. The molecule has 29 heavy (non-hydrogen) atoms. The third-order valence-corrected chi connectivity index (χ3v) is 4.64. The van der Waals surface area contributed by atoms with Gasteiger partial charge in [-0.2, -0.15) is 0 Å². The van der Waals surface area contributed by atoms with Crippen molar-refractivity contribution < 1.29 is 14.3 Å². The Balaban J connectivity index is 1.71. The Morgan fingerprint density at radius 2 is 1.86 bits per heavy atom. The number of ether oxygens (including phenoxy) is 2. The van der Waals surface area contributed by atoms with E-state index in [1.165, 1.54) is 22.4 Å². The molecule has 0 spiro atoms. The number of nitrogens with zero attached hydrogens (tertiary/aromatic N) is 3. The fourth-order valence-corrected chi connectivity index (χ4v) is 3.03. The zero-order valence-corrected chi connectivity index (χ0v) is 17.1. The molecule has 152 valence electrons. The van der Waals surface area contributed by atoms with Crippen LogP contribution < -0.4 is 20.5 Å². The molecule has 8 nitrogen and oxygen atoms in total. The lowest BCUT2D eigenvalue weighted by Gasteiger charge is -2.09. The minimum absolute atomic E-state index is 0.216. The minimum atomic E-state index is -0.344. The van der Waals surface area contributed by atoms with Crippen molar-refractivity contribution in [3.8, 4) is 22.9 Å². The van der Waals surface area contributed by atoms with E-state index in [-0.39, 0.29) is 24.7 Å². The first kappa shape index (κ1) is 20.5. The van der Waals surface area contributed by atoms with Gasteiger partial charge in [0.05, 0.1) is 26.3 Å². The largest absolute Gasteiger partial charge is 0.497 e. The van der Waals surface area contributed by atoms with Gasteiger partial charge in [-0.3, -0.25) is 9.36 Å². The molecular formula is C20H21ClN4O4. The van der Waals surface area contributed by atoms with Crippen LogP contribution in [0.4, 0.5) is 0 Å². The molecule has 0 fully saturated rings. The van der Waals surface area contributed by atoms with Crippen LogP contribution in [0.1, 0.15) is 10.4 Å². The zero-order valence-electron chi connectivity index (χ0n) is 16.3. The molecule has 0 saturated heterocycles. The quantitative estimate of drug-likeness (QED) is 0.638. The summed E-state index contributed by atoms with van der Waals surface area (Å²) in [5.41, 5.74) is 0.842. The molecule has 0 atom stereocenters. The normalized spacial score (nSPS) is 10.6. The first-order valence-corrected chi connectivity index (χ1v) is 9.22. The van der Waals surface area contributed by atoms with E-state index in [0.29, 0.717) is 22.2 Å². The van der Waals surface area contributed by atoms with E-state index in [0.717, 1.165) is 11.3 Å². The minimum Gasteiger partial charge on any atom is -0.497 e. The molecule has 1 amide bonds. The maximum atomic E-state index is 12.5. The van der Waals surface area contributed by atoms with Crippen LogP contribution in [-0.4, -0.2) is 41.0 Å². The molecule has 1 N–H and O–H groups in total. The predicted molar refractivity (Wildman–Crippen MR) is 110 cm³/mol. The first-order chi connectivity index (χ1) is 13.9. The monoisotopic (exact) mass is 416 g/mol. The van der Waals surface area contributed by atoms with Crippen LogP contribution in [-0.2, 0) is 13.6 Å². The third kappa shape index (κ3) is 4.43. The Labute approximate surface area is 172 Å². The molecule has 3 rings (SSSR count). The van der Waals surface area contributed by atoms with E-state index in [4.69, 9.17) is 21.1 Å². The zero-order chi connectivity index (χ0) is 21.0. The Morgan fingerprint density at radius 1 is 1.14 bits per heavy atom. The van der Waals surface area contributed by atoms with E-state index >= 15 is 0 Å². The average molecular weight is 417 g/mol. The van der Waals surface area contributed by atoms with Gasteiger partial charge in [0.2, 0.25) is 0 Å². The number of hydrogen-bond donors (Lipinski definition) is 1. The van der Waals surface area contributed by atoms with Crippen molar-refractivity contribution in [3.63, 3.8) is 0 Å². The number of rotatable bonds is 7. The fraction of sp³-hybridized carbons (Fsp3) is 0.250. The number of benzene rings is 2. The van der Waals surface area contributed by atoms with Gasteiger partial charge in [-0.25, -0.2) is 9.48 Å². The molecule has 0 bridgehead atoms. The standard InChI is InChI=1S/C20H21ClN4O4/c1-24-18(13-4-7-15(28-2)8-5-13)23-25(20(24)27)11-10-22-19(26)16-12-14(21)6-9-17(16)29-3/h4-9,12H,10-11H2,1-3H3,(H,22,26). The summed E-state index contributed by atoms with van der Waals surface area (Å²) < 4.78 is 13.1. The van der Waals surface area contributed by atoms with Gasteiger partial charge in [0.25, 0.3) is 5.91 Å². The summed E-state index contributed by atoms with van der Waals surface area (Å²) in [6.07, 6.45) is 0. The van der Waals surface area contributed by atoms with Crippen LogP contribution in [0.5, 0.6) is 11.5 Å². The van der Waals surface area contributed by atoms with Gasteiger partial charge in [0.1, 0.15) is 11.5 Å². The van der Waals surface area contributed by atoms with E-state index in [1.807, 2.05) is 12.1 Å². The number of halogens is 1. The van der Waals surface area contributed by atoms with Gasteiger partial charge in [-0.1, -0.05) is 11.6 Å². The molecule has 0 radical (unpaired) electrons. The summed E-state index contributed by atoms with van der Waals surface area (Å²) in [6.45, 7) is 0.435. The second kappa shape index (κ2) is 8.83. The maximum Gasteiger partial charge on any atom is 0.345 e. The Bertz CT molecular complexity index is 1070. The molecular weight excluding hydrogens is 396 g/mol. The molecule has 1 aromatic heterocycles. The van der Waals surface area contributed by atoms with Crippen molar-refractivity contribution in [3.05, 3.63) is 63.5 Å². The van der Waals surface area contributed by atoms with Crippen LogP contribution in [0.2, 0.25) is 5.02 Å². The number of hydrogen-bond acceptors (Lipinski definition) is 5. The molecule has 0 aliphatic rings. The van der Waals surface area contributed by atoms with Crippen LogP contribution >= 0.6 is 11.6 Å². The highest BCUT2D eigenvalue weighted by Gasteiger charge is 2.15. The number of carbonyl (C=O) groups is 1. The molecule has 2 aromatic carbocycles. The van der Waals surface area contributed by atoms with Crippen LogP contribution in [0.3, 0.4) is 0 Å². The Morgan fingerprint density at radius 3 is 2.52 bits per heavy atom. The molecule has 0 saturated carbocycles. The third-order valence-electron chi connectivity index (χ3n) is 4.40. The van der Waals surface area contributed by atoms with Crippen LogP contribution in [0.15, 0.2) is 47.3 Å². The smallest absolute Gasteiger partial charge is 0.345 e. The summed E-state index contributed by atoms with van der Waals surface area (Å²) in [5, 5.41) is 7.57. The van der Waals surface area contributed by atoms with Crippen molar-refractivity contribution in [2.24, 2.45) is 7.05 Å². The van der Waals surface area contributed by atoms with E-state index in [2.05, 4.69) is 10.4 Å². The molecule has 0 unspecified atom stereocenters. The summed E-state index contributed by atoms with van der Waals surface area (Å²) >= 11 is 5.96. The van der Waals surface area contributed by atoms with Crippen molar-refractivity contribution in [2.45, 2.75) is 6.54 Å². The molecule has 1 heterocycles. The highest BCUT2D eigenvalue weighted by Crippen LogP contribution is 2.22. The number of amides is 1. The maximum absolute atomic E-state index is 12.5. The summed E-state index contributed by atoms with van der Waals surface area (Å²) in [4.78, 5) is 24.9. The van der Waals surface area contributed by atoms with Gasteiger partial charge >= 0.3 is 5.69 Å². The molecule has 9 heteroatoms. The molecule has 3 aromatic rings. The lowest BCUT2D eigenvalue weighted by molar-refractivity contribution is 0.0948. The van der Waals surface area contributed by atoms with Crippen molar-refractivity contribution in [1.82, 2.24) is 19.7 Å². The van der Waals surface area contributed by atoms with Gasteiger partial charge in [-0.05, 0) is 42.5 Å². The lowest BCUT2D eigenvalue weighted by atomic mass is 10.2. The van der Waals surface area contributed by atoms with Gasteiger partial charge < -0.3 is 14.8 Å². The van der Waals surface area contributed by atoms with Crippen molar-refractivity contribution >= 4 is 17.5 Å². The number of aromatic nitrogens is 3. The number of methoxy groups -OCH3 is 2. The number of carbonyl (C=O) groups excluding carboxylic acids is 1. The molecule has 0 aliphatic heterocycles. The second-order valence-electron chi connectivity index (χ2n) is 6.22. The van der Waals surface area contributed by atoms with E-state index in [1.54, 1.807) is 38.4 Å². The van der Waals surface area contributed by atoms with Crippen molar-refractivity contribution in [2.75, 3.05) is 20.8 Å². The Hall–Kier alpha value is -3.26. The van der Waals surface area contributed by atoms with E-state index < -0.39 is 0 Å². The first-order valence-electron chi connectivity index (χ1n) is 8.84. The van der Waals surface area contributed by atoms with Crippen molar-refractivity contribution in [1.29, 1.82) is 0 Å². The topological polar surface area (TPSA) is 87.4 Å². The van der Waals surface area contributed by atoms with Gasteiger partial charge in [-0.15, -0.1) is 5.10 Å². The van der Waals surface area contributed by atoms with E-state index in [9.17, 15) is 9.59 Å². The summed E-state index contributed by atoms with van der Waals surface area (Å²) in [5.74, 6) is 1.32. The number of nitrogens with one attached hydrogen (secondary N) is 1. The second-order valence-corrected chi connectivity index (χ2v) is 6.65. The summed E-state index contributed by atoms with van der Waals surface area (Å²) in [7, 11) is 4.72. The van der Waals surface area contributed by atoms with Gasteiger partial charge in [0, 0.05) is 24.2 Å². The van der Waals surface area contributed by atoms with Gasteiger partial charge in [0.15, 0.2) is 5.82 Å². The highest BCUT2D eigenvalue weighted by atomic mass is 35.5. The SMILES string of the molecule is COc1ccc(-c2nn(CCNC(=O)c3cc(Cl)ccc3OC)c(=O)n2C)cc1. The fourth-order valence-electron chi connectivity index (χ4n) is 2.85. The predicted octanol–water partition coefficient (Wildman–Crippen LogP) is 2.35. The Kier molecular flexibility index (Phi) is 6.23. The highest BCUT2D eigenvalue weighted by molar-refractivity contribution is 6.31. The lowest BCUT2D eigenvalue weighted by Crippen LogP contribution is -2.32. The molecule has 0 aliphatic carbocycles. The van der Waals surface area contributed by atoms with Crippen LogP contribution in [0, 0.1) is 0 Å². The average Bonchev–Trinajstić information content (AvgIpc) is 3.02. The van der Waals surface area contributed by atoms with Crippen LogP contribution in [0.25, 0.3) is 11.4 Å².